The van der Waals surface area contributed by atoms with E-state index in [-0.39, 0.29) is 37.3 Å². The van der Waals surface area contributed by atoms with Gasteiger partial charge >= 0.3 is 0 Å². The van der Waals surface area contributed by atoms with Crippen LogP contribution in [-0.2, 0) is 0 Å². The van der Waals surface area contributed by atoms with Crippen LogP contribution in [0.4, 0.5) is 0 Å². The maximum absolute atomic E-state index is 2.30. The summed E-state index contributed by atoms with van der Waals surface area (Å²) < 4.78 is 0. The Morgan fingerprint density at radius 1 is 0.450 bits per heavy atom. The molecule has 2 heteroatoms. The van der Waals surface area contributed by atoms with E-state index in [9.17, 15) is 0 Å². The molecule has 0 unspecified atom stereocenters. The monoisotopic (exact) mass is 442 g/mol. The van der Waals surface area contributed by atoms with Gasteiger partial charge < -0.3 is 0 Å². The van der Waals surface area contributed by atoms with Gasteiger partial charge in [0.15, 0.2) is 0 Å². The molecule has 0 aromatic carbocycles. The van der Waals surface area contributed by atoms with Crippen molar-refractivity contribution in [2.45, 2.75) is 51.9 Å². The predicted octanol–water partition coefficient (Wildman–Crippen LogP) is 5.30. The van der Waals surface area contributed by atoms with Crippen LogP contribution in [0.2, 0.25) is 0 Å². The van der Waals surface area contributed by atoms with Gasteiger partial charge in [-0.25, -0.2) is 0 Å². The second-order valence-corrected chi connectivity index (χ2v) is 9.80. The van der Waals surface area contributed by atoms with Crippen molar-refractivity contribution >= 4 is 8.58 Å². The molecule has 0 bridgehead atoms. The molecule has 2 rings (SSSR count). The van der Waals surface area contributed by atoms with Gasteiger partial charge in [0.2, 0.25) is 0 Å². The van der Waals surface area contributed by atoms with Crippen LogP contribution in [-0.4, -0.2) is 10.3 Å². The minimum absolute atomic E-state index is 0. The van der Waals surface area contributed by atoms with Crippen molar-refractivity contribution in [3.63, 3.8) is 0 Å². The van der Waals surface area contributed by atoms with Crippen LogP contribution in [0.25, 0.3) is 0 Å². The van der Waals surface area contributed by atoms with E-state index in [2.05, 4.69) is 41.5 Å². The Morgan fingerprint density at radius 2 is 0.600 bits per heavy atom. The molecular formula is C18H29ErP. The smallest absolute Gasteiger partial charge is 0 e. The molecule has 0 heterocycles. The summed E-state index contributed by atoms with van der Waals surface area (Å²) in [6.07, 6.45) is 20.0. The molecule has 0 aromatic rings. The van der Waals surface area contributed by atoms with E-state index in [4.69, 9.17) is 0 Å². The second-order valence-electron chi connectivity index (χ2n) is 6.55. The van der Waals surface area contributed by atoms with E-state index in [1.165, 1.54) is 0 Å². The molecule has 0 nitrogen and oxygen atoms in total. The van der Waals surface area contributed by atoms with Gasteiger partial charge in [-0.15, -0.1) is 8.58 Å². The molecule has 0 aromatic heterocycles. The zero-order chi connectivity index (χ0) is 14.8. The Morgan fingerprint density at radius 3 is 0.650 bits per heavy atom. The van der Waals surface area contributed by atoms with Crippen molar-refractivity contribution in [1.82, 2.24) is 0 Å². The Bertz CT molecular complexity index is 155. The molecule has 118 valence electrons. The topological polar surface area (TPSA) is 0 Å². The fourth-order valence-electron chi connectivity index (χ4n) is 1.77. The molecule has 2 aliphatic rings. The molecule has 0 aliphatic heterocycles. The quantitative estimate of drug-likeness (QED) is 0.446. The molecule has 2 aliphatic carbocycles. The predicted molar refractivity (Wildman–Crippen MR) is 90.8 cm³/mol. The van der Waals surface area contributed by atoms with Crippen molar-refractivity contribution in [2.75, 3.05) is 0 Å². The van der Waals surface area contributed by atoms with Crippen LogP contribution in [0.5, 0.6) is 0 Å². The van der Waals surface area contributed by atoms with Crippen molar-refractivity contribution in [2.24, 2.45) is 0 Å². The van der Waals surface area contributed by atoms with Gasteiger partial charge in [0.25, 0.3) is 0 Å². The molecule has 0 N–H and O–H groups in total. The molecule has 2 saturated carbocycles. The summed E-state index contributed by atoms with van der Waals surface area (Å²) in [5.41, 5.74) is 0. The summed E-state index contributed by atoms with van der Waals surface area (Å²) in [5.74, 6) is 0. The van der Waals surface area contributed by atoms with E-state index in [0.29, 0.717) is 10.3 Å². The summed E-state index contributed by atoms with van der Waals surface area (Å²) in [4.78, 5) is 0. The summed E-state index contributed by atoms with van der Waals surface area (Å²) in [6.45, 7) is 13.8. The molecule has 0 saturated heterocycles. The van der Waals surface area contributed by atoms with Crippen molar-refractivity contribution in [3.05, 3.63) is 64.2 Å². The molecular weight excluding hydrogens is 414 g/mol. The maximum Gasteiger partial charge on any atom is 0 e. The van der Waals surface area contributed by atoms with Crippen molar-refractivity contribution in [1.29, 1.82) is 0 Å². The zero-order valence-electron chi connectivity index (χ0n) is 13.6. The van der Waals surface area contributed by atoms with Gasteiger partial charge in [-0.1, -0.05) is 41.5 Å². The van der Waals surface area contributed by atoms with Gasteiger partial charge in [-0.05, 0) is 74.5 Å². The van der Waals surface area contributed by atoms with E-state index >= 15 is 0 Å². The van der Waals surface area contributed by atoms with Crippen LogP contribution in [0.1, 0.15) is 41.5 Å². The van der Waals surface area contributed by atoms with Gasteiger partial charge in [-0.2, -0.15) is 0 Å². The average molecular weight is 444 g/mol. The summed E-state index contributed by atoms with van der Waals surface area (Å²) in [6, 6.07) is 0. The van der Waals surface area contributed by atoms with E-state index in [1.54, 1.807) is 0 Å². The molecule has 0 spiro atoms. The summed E-state index contributed by atoms with van der Waals surface area (Å²) in [7, 11) is 1.05. The zero-order valence-corrected chi connectivity index (χ0v) is 16.4. The first kappa shape index (κ1) is 23.9. The number of hydrogen-bond donors (Lipinski definition) is 0. The standard InChI is InChI=1S/C8H19P.2C5H5.Er/c1-7(2,3)9-8(4,5)6;2*1-2-4-5-3-1;/h9H,1-6H3;2*1-5H;. The molecule has 0 amide bonds. The minimum Gasteiger partial charge on any atom is -0.111 e. The number of rotatable bonds is 0. The van der Waals surface area contributed by atoms with Gasteiger partial charge in [0, 0.05) is 37.3 Å². The third kappa shape index (κ3) is 22.0. The fraction of sp³-hybridized carbons (Fsp3) is 0.444. The first-order chi connectivity index (χ1) is 8.71. The van der Waals surface area contributed by atoms with Crippen molar-refractivity contribution < 1.29 is 37.3 Å². The van der Waals surface area contributed by atoms with Crippen LogP contribution >= 0.6 is 8.58 Å². The van der Waals surface area contributed by atoms with Crippen LogP contribution in [0.3, 0.4) is 0 Å². The van der Waals surface area contributed by atoms with Gasteiger partial charge in [0.05, 0.1) is 0 Å². The third-order valence-electron chi connectivity index (χ3n) is 1.86. The van der Waals surface area contributed by atoms with Crippen LogP contribution < -0.4 is 0 Å². The first-order valence-corrected chi connectivity index (χ1v) is 7.83. The largest absolute Gasteiger partial charge is 0.111 e. The normalized spacial score (nSPS) is 18.3. The Hall–Kier alpha value is 1.68. The molecule has 0 atom stereocenters. The van der Waals surface area contributed by atoms with E-state index in [1.807, 2.05) is 64.2 Å². The summed E-state index contributed by atoms with van der Waals surface area (Å²) >= 11 is 0. The first-order valence-electron chi connectivity index (χ1n) is 6.83. The van der Waals surface area contributed by atoms with Crippen molar-refractivity contribution in [3.8, 4) is 0 Å². The third-order valence-corrected chi connectivity index (χ3v) is 3.36. The van der Waals surface area contributed by atoms with Gasteiger partial charge in [0.1, 0.15) is 0 Å². The average Bonchev–Trinajstić information content (AvgIpc) is 2.93. The Balaban J connectivity index is 0. The Kier molecular flexibility index (Phi) is 15.7. The molecule has 10 radical (unpaired) electrons. The van der Waals surface area contributed by atoms with Crippen LogP contribution in [0.15, 0.2) is 0 Å². The van der Waals surface area contributed by atoms with E-state index in [0.717, 1.165) is 8.58 Å². The molecule has 20 heavy (non-hydrogen) atoms. The minimum atomic E-state index is 0. The summed E-state index contributed by atoms with van der Waals surface area (Å²) in [5, 5.41) is 1.02. The van der Waals surface area contributed by atoms with Crippen LogP contribution in [0, 0.1) is 102 Å². The Labute approximate surface area is 161 Å². The van der Waals surface area contributed by atoms with E-state index < -0.39 is 0 Å². The van der Waals surface area contributed by atoms with Gasteiger partial charge in [-0.3, -0.25) is 0 Å². The number of hydrogen-bond acceptors (Lipinski definition) is 0. The second kappa shape index (κ2) is 13.1. The SMILES string of the molecule is CC(C)(C)PC(C)(C)C.[CH]1[CH][CH][CH][CH]1.[CH]1[CH][CH][CH][CH]1.[Er]. The molecule has 2 fully saturated rings. The fourth-order valence-corrected chi connectivity index (χ4v) is 4.02. The maximum atomic E-state index is 2.30.